The zero-order chi connectivity index (χ0) is 16.7. The molecule has 122 valence electrons. The molecule has 0 aliphatic heterocycles. The van der Waals surface area contributed by atoms with Crippen LogP contribution >= 0.6 is 11.8 Å². The summed E-state index contributed by atoms with van der Waals surface area (Å²) in [7, 11) is 0. The molecule has 0 unspecified atom stereocenters. The predicted molar refractivity (Wildman–Crippen MR) is 95.1 cm³/mol. The number of para-hydroxylation sites is 1. The lowest BCUT2D eigenvalue weighted by Gasteiger charge is -2.12. The maximum atomic E-state index is 11.9. The highest BCUT2D eigenvalue weighted by Gasteiger charge is 2.09. The van der Waals surface area contributed by atoms with Crippen molar-refractivity contribution >= 4 is 23.4 Å². The molecule has 0 spiro atoms. The highest BCUT2D eigenvalue weighted by Crippen LogP contribution is 2.35. The van der Waals surface area contributed by atoms with Gasteiger partial charge in [0, 0.05) is 16.3 Å². The molecule has 2 aromatic rings. The zero-order valence-electron chi connectivity index (χ0n) is 13.4. The predicted octanol–water partition coefficient (Wildman–Crippen LogP) is 2.98. The lowest BCUT2D eigenvalue weighted by molar-refractivity contribution is -0.115. The Morgan fingerprint density at radius 3 is 2.65 bits per heavy atom. The number of aliphatic hydroxyl groups excluding tert-OH is 1. The van der Waals surface area contributed by atoms with E-state index in [1.54, 1.807) is 11.8 Å². The summed E-state index contributed by atoms with van der Waals surface area (Å²) in [5.74, 6) is -0.118. The standard InChI is InChI=1S/C18H22N2O2S/c1-13-7-8-16(14(2)11-13)23-17-6-4-3-5-15(17)20-18(22)12-19-9-10-21/h3-8,11,19,21H,9-10,12H2,1-2H3,(H,20,22). The number of carbonyl (C=O) groups excluding carboxylic acids is 1. The smallest absolute Gasteiger partial charge is 0.238 e. The second-order valence-electron chi connectivity index (χ2n) is 5.32. The van der Waals surface area contributed by atoms with E-state index in [9.17, 15) is 4.79 Å². The summed E-state index contributed by atoms with van der Waals surface area (Å²) >= 11 is 1.64. The van der Waals surface area contributed by atoms with Crippen molar-refractivity contribution in [1.82, 2.24) is 5.32 Å². The SMILES string of the molecule is Cc1ccc(Sc2ccccc2NC(=O)CNCCO)c(C)c1. The van der Waals surface area contributed by atoms with Crippen molar-refractivity contribution in [3.8, 4) is 0 Å². The largest absolute Gasteiger partial charge is 0.395 e. The van der Waals surface area contributed by atoms with Gasteiger partial charge in [0.25, 0.3) is 0 Å². The van der Waals surface area contributed by atoms with Gasteiger partial charge in [0.1, 0.15) is 0 Å². The topological polar surface area (TPSA) is 61.4 Å². The second-order valence-corrected chi connectivity index (χ2v) is 6.40. The Morgan fingerprint density at radius 2 is 1.91 bits per heavy atom. The molecule has 0 radical (unpaired) electrons. The van der Waals surface area contributed by atoms with Crippen molar-refractivity contribution in [2.75, 3.05) is 25.0 Å². The number of aryl methyl sites for hydroxylation is 2. The number of hydrogen-bond donors (Lipinski definition) is 3. The van der Waals surface area contributed by atoms with Gasteiger partial charge in [0.2, 0.25) is 5.91 Å². The first-order valence-electron chi connectivity index (χ1n) is 7.55. The summed E-state index contributed by atoms with van der Waals surface area (Å²) < 4.78 is 0. The van der Waals surface area contributed by atoms with E-state index < -0.39 is 0 Å². The van der Waals surface area contributed by atoms with Crippen LogP contribution in [0.3, 0.4) is 0 Å². The van der Waals surface area contributed by atoms with Crippen molar-refractivity contribution in [2.24, 2.45) is 0 Å². The van der Waals surface area contributed by atoms with Gasteiger partial charge >= 0.3 is 0 Å². The van der Waals surface area contributed by atoms with Crippen molar-refractivity contribution in [3.05, 3.63) is 53.6 Å². The number of hydrogen-bond acceptors (Lipinski definition) is 4. The van der Waals surface area contributed by atoms with Crippen LogP contribution in [0.1, 0.15) is 11.1 Å². The highest BCUT2D eigenvalue weighted by atomic mass is 32.2. The Bertz CT molecular complexity index is 674. The van der Waals surface area contributed by atoms with Crippen LogP contribution in [-0.2, 0) is 4.79 Å². The molecule has 0 saturated carbocycles. The monoisotopic (exact) mass is 330 g/mol. The number of amides is 1. The van der Waals surface area contributed by atoms with Gasteiger partial charge in [-0.1, -0.05) is 41.6 Å². The van der Waals surface area contributed by atoms with Gasteiger partial charge in [-0.05, 0) is 37.6 Å². The molecule has 2 aromatic carbocycles. The average Bonchev–Trinajstić information content (AvgIpc) is 2.52. The second kappa shape index (κ2) is 8.72. The first kappa shape index (κ1) is 17.5. The van der Waals surface area contributed by atoms with Crippen LogP contribution in [-0.4, -0.2) is 30.7 Å². The molecule has 1 amide bonds. The van der Waals surface area contributed by atoms with Gasteiger partial charge in [0.05, 0.1) is 18.8 Å². The lowest BCUT2D eigenvalue weighted by atomic mass is 10.2. The number of carbonyl (C=O) groups is 1. The lowest BCUT2D eigenvalue weighted by Crippen LogP contribution is -2.30. The van der Waals surface area contributed by atoms with E-state index >= 15 is 0 Å². The molecule has 0 aromatic heterocycles. The summed E-state index contributed by atoms with van der Waals surface area (Å²) in [6.07, 6.45) is 0. The van der Waals surface area contributed by atoms with Gasteiger partial charge in [-0.3, -0.25) is 4.79 Å². The fraction of sp³-hybridized carbons (Fsp3) is 0.278. The van der Waals surface area contributed by atoms with E-state index in [2.05, 4.69) is 42.7 Å². The van der Waals surface area contributed by atoms with Gasteiger partial charge in [0.15, 0.2) is 0 Å². The van der Waals surface area contributed by atoms with E-state index in [0.29, 0.717) is 6.54 Å². The first-order chi connectivity index (χ1) is 11.1. The summed E-state index contributed by atoms with van der Waals surface area (Å²) in [6, 6.07) is 14.1. The molecule has 5 heteroatoms. The average molecular weight is 330 g/mol. The summed E-state index contributed by atoms with van der Waals surface area (Å²) in [6.45, 7) is 4.78. The van der Waals surface area contributed by atoms with E-state index in [4.69, 9.17) is 5.11 Å². The van der Waals surface area contributed by atoms with Crippen LogP contribution in [0.25, 0.3) is 0 Å². The molecule has 4 nitrogen and oxygen atoms in total. The minimum Gasteiger partial charge on any atom is -0.395 e. The third-order valence-corrected chi connectivity index (χ3v) is 4.54. The maximum absolute atomic E-state index is 11.9. The third kappa shape index (κ3) is 5.39. The Hall–Kier alpha value is -1.82. The summed E-state index contributed by atoms with van der Waals surface area (Å²) in [5.41, 5.74) is 3.26. The molecule has 0 bridgehead atoms. The van der Waals surface area contributed by atoms with Crippen LogP contribution in [0.5, 0.6) is 0 Å². The zero-order valence-corrected chi connectivity index (χ0v) is 14.2. The van der Waals surface area contributed by atoms with Crippen LogP contribution in [0.2, 0.25) is 0 Å². The molecule has 0 fully saturated rings. The number of anilines is 1. The van der Waals surface area contributed by atoms with Crippen molar-refractivity contribution < 1.29 is 9.90 Å². The molecule has 0 heterocycles. The van der Waals surface area contributed by atoms with Crippen LogP contribution in [0, 0.1) is 13.8 Å². The molecule has 3 N–H and O–H groups in total. The Labute approximate surface area is 141 Å². The van der Waals surface area contributed by atoms with Crippen molar-refractivity contribution in [3.63, 3.8) is 0 Å². The molecule has 23 heavy (non-hydrogen) atoms. The van der Waals surface area contributed by atoms with Crippen molar-refractivity contribution in [2.45, 2.75) is 23.6 Å². The Balaban J connectivity index is 2.09. The normalized spacial score (nSPS) is 10.6. The quantitative estimate of drug-likeness (QED) is 0.683. The Morgan fingerprint density at radius 1 is 1.13 bits per heavy atom. The molecule has 2 rings (SSSR count). The van der Waals surface area contributed by atoms with Gasteiger partial charge in [-0.25, -0.2) is 0 Å². The van der Waals surface area contributed by atoms with Crippen LogP contribution in [0.4, 0.5) is 5.69 Å². The van der Waals surface area contributed by atoms with Crippen LogP contribution < -0.4 is 10.6 Å². The highest BCUT2D eigenvalue weighted by molar-refractivity contribution is 7.99. The first-order valence-corrected chi connectivity index (χ1v) is 8.37. The van der Waals surface area contributed by atoms with E-state index in [0.717, 1.165) is 10.6 Å². The molecular weight excluding hydrogens is 308 g/mol. The number of aliphatic hydroxyl groups is 1. The maximum Gasteiger partial charge on any atom is 0.238 e. The fourth-order valence-electron chi connectivity index (χ4n) is 2.17. The molecular formula is C18H22N2O2S. The molecule has 0 aliphatic carbocycles. The molecule has 0 saturated heterocycles. The van der Waals surface area contributed by atoms with Gasteiger partial charge in [-0.2, -0.15) is 0 Å². The van der Waals surface area contributed by atoms with Gasteiger partial charge in [-0.15, -0.1) is 0 Å². The van der Waals surface area contributed by atoms with Crippen molar-refractivity contribution in [1.29, 1.82) is 0 Å². The molecule has 0 aliphatic rings. The van der Waals surface area contributed by atoms with Gasteiger partial charge < -0.3 is 15.7 Å². The number of rotatable bonds is 7. The Kier molecular flexibility index (Phi) is 6.65. The van der Waals surface area contributed by atoms with E-state index in [1.165, 1.54) is 16.0 Å². The minimum absolute atomic E-state index is 0.0203. The summed E-state index contributed by atoms with van der Waals surface area (Å²) in [5, 5.41) is 14.5. The number of nitrogens with one attached hydrogen (secondary N) is 2. The summed E-state index contributed by atoms with van der Waals surface area (Å²) in [4.78, 5) is 14.1. The van der Waals surface area contributed by atoms with E-state index in [1.807, 2.05) is 24.3 Å². The van der Waals surface area contributed by atoms with E-state index in [-0.39, 0.29) is 19.1 Å². The third-order valence-electron chi connectivity index (χ3n) is 3.29. The fourth-order valence-corrected chi connectivity index (χ4v) is 3.14. The number of benzene rings is 2. The minimum atomic E-state index is -0.118. The van der Waals surface area contributed by atoms with Crippen LogP contribution in [0.15, 0.2) is 52.3 Å². The molecule has 0 atom stereocenters.